The molecule has 0 heterocycles. The minimum atomic E-state index is -0.450. The van der Waals surface area contributed by atoms with Crippen molar-refractivity contribution in [2.75, 3.05) is 132 Å². The number of carbonyl (C=O) groups is 1. The maximum absolute atomic E-state index is 12.2. The molecule has 2 aromatic carbocycles. The fraction of sp³-hybridized carbons (Fsp3) is 0.583. The van der Waals surface area contributed by atoms with Gasteiger partial charge in [-0.2, -0.15) is 0 Å². The molecule has 0 aliphatic heterocycles. The zero-order chi connectivity index (χ0) is 33.7. The molecule has 48 heavy (non-hydrogen) atoms. The maximum atomic E-state index is 12.2. The molecule has 1 amide bonds. The Balaban J connectivity index is 0.987. The lowest BCUT2D eigenvalue weighted by molar-refractivity contribution is -0.0245. The minimum absolute atomic E-state index is 0.0397. The van der Waals surface area contributed by atoms with Crippen molar-refractivity contribution >= 4 is 6.09 Å². The van der Waals surface area contributed by atoms with Gasteiger partial charge in [0, 0.05) is 12.5 Å². The molecule has 0 saturated carbocycles. The van der Waals surface area contributed by atoms with Crippen LogP contribution < -0.4 is 5.32 Å². The number of carbonyl (C=O) groups excluding carboxylic acids is 1. The van der Waals surface area contributed by atoms with Gasteiger partial charge in [-0.25, -0.2) is 4.79 Å². The monoisotopic (exact) mass is 675 g/mol. The molecular formula is C36H53NO11. The molecule has 268 valence electrons. The van der Waals surface area contributed by atoms with Crippen LogP contribution in [0, 0.1) is 0 Å². The summed E-state index contributed by atoms with van der Waals surface area (Å²) >= 11 is 0. The molecule has 12 nitrogen and oxygen atoms in total. The summed E-state index contributed by atoms with van der Waals surface area (Å²) in [5, 5.41) is 2.74. The Kier molecular flexibility index (Phi) is 22.2. The Morgan fingerprint density at radius 3 is 1.29 bits per heavy atom. The van der Waals surface area contributed by atoms with E-state index in [9.17, 15) is 4.79 Å². The van der Waals surface area contributed by atoms with Crippen molar-refractivity contribution in [1.29, 1.82) is 0 Å². The third-order valence-corrected chi connectivity index (χ3v) is 7.07. The first-order valence-electron chi connectivity index (χ1n) is 16.7. The highest BCUT2D eigenvalue weighted by molar-refractivity contribution is 5.79. The smallest absolute Gasteiger partial charge is 0.407 e. The first-order valence-corrected chi connectivity index (χ1v) is 16.7. The van der Waals surface area contributed by atoms with Crippen molar-refractivity contribution < 1.29 is 52.2 Å². The quantitative estimate of drug-likeness (QED) is 0.0927. The summed E-state index contributed by atoms with van der Waals surface area (Å²) in [5.41, 5.74) is 4.78. The van der Waals surface area contributed by atoms with Gasteiger partial charge in [-0.05, 0) is 22.3 Å². The molecule has 3 rings (SSSR count). The molecule has 1 aliphatic rings. The van der Waals surface area contributed by atoms with Crippen molar-refractivity contribution in [3.05, 3.63) is 72.3 Å². The second kappa shape index (κ2) is 27.0. The van der Waals surface area contributed by atoms with Crippen molar-refractivity contribution in [2.24, 2.45) is 0 Å². The fourth-order valence-electron chi connectivity index (χ4n) is 4.80. The SMILES string of the molecule is C=CCOCCOCCOCCOCCOCCOCCOCCOCCOCCNC(=O)OCC1c2ccccc2-c2ccccc21. The summed E-state index contributed by atoms with van der Waals surface area (Å²) in [4.78, 5) is 12.2. The van der Waals surface area contributed by atoms with E-state index in [0.29, 0.717) is 125 Å². The molecule has 0 radical (unpaired) electrons. The zero-order valence-corrected chi connectivity index (χ0v) is 28.1. The fourth-order valence-corrected chi connectivity index (χ4v) is 4.80. The third kappa shape index (κ3) is 17.0. The Morgan fingerprint density at radius 1 is 0.542 bits per heavy atom. The highest BCUT2D eigenvalue weighted by atomic mass is 16.6. The van der Waals surface area contributed by atoms with Crippen LogP contribution in [0.4, 0.5) is 4.79 Å². The summed E-state index contributed by atoms with van der Waals surface area (Å²) in [5.74, 6) is 0.0397. The number of ether oxygens (including phenoxy) is 10. The zero-order valence-electron chi connectivity index (χ0n) is 28.1. The molecule has 0 fully saturated rings. The molecular weight excluding hydrogens is 622 g/mol. The van der Waals surface area contributed by atoms with Crippen LogP contribution in [0.3, 0.4) is 0 Å². The number of hydrogen-bond donors (Lipinski definition) is 1. The largest absolute Gasteiger partial charge is 0.449 e. The van der Waals surface area contributed by atoms with Gasteiger partial charge in [0.1, 0.15) is 6.61 Å². The summed E-state index contributed by atoms with van der Waals surface area (Å²) in [6.45, 7) is 13.1. The predicted molar refractivity (Wildman–Crippen MR) is 181 cm³/mol. The normalized spacial score (nSPS) is 12.2. The van der Waals surface area contributed by atoms with E-state index >= 15 is 0 Å². The van der Waals surface area contributed by atoms with Crippen LogP contribution >= 0.6 is 0 Å². The van der Waals surface area contributed by atoms with Gasteiger partial charge in [0.15, 0.2) is 0 Å². The lowest BCUT2D eigenvalue weighted by atomic mass is 9.98. The Labute approximate surface area is 284 Å². The molecule has 0 spiro atoms. The second-order valence-corrected chi connectivity index (χ2v) is 10.5. The number of amides is 1. The predicted octanol–water partition coefficient (Wildman–Crippen LogP) is 3.86. The minimum Gasteiger partial charge on any atom is -0.449 e. The lowest BCUT2D eigenvalue weighted by Crippen LogP contribution is -2.29. The first kappa shape index (κ1) is 39.5. The van der Waals surface area contributed by atoms with Gasteiger partial charge in [0.25, 0.3) is 0 Å². The molecule has 2 aromatic rings. The van der Waals surface area contributed by atoms with Crippen LogP contribution in [0.2, 0.25) is 0 Å². The van der Waals surface area contributed by atoms with E-state index in [-0.39, 0.29) is 12.5 Å². The van der Waals surface area contributed by atoms with E-state index in [1.807, 2.05) is 24.3 Å². The average molecular weight is 676 g/mol. The van der Waals surface area contributed by atoms with Gasteiger partial charge in [0.05, 0.1) is 119 Å². The van der Waals surface area contributed by atoms with Crippen molar-refractivity contribution in [3.63, 3.8) is 0 Å². The van der Waals surface area contributed by atoms with Gasteiger partial charge >= 0.3 is 6.09 Å². The maximum Gasteiger partial charge on any atom is 0.407 e. The Bertz CT molecular complexity index is 1070. The molecule has 0 aromatic heterocycles. The number of benzene rings is 2. The van der Waals surface area contributed by atoms with Crippen LogP contribution in [-0.2, 0) is 47.4 Å². The second-order valence-electron chi connectivity index (χ2n) is 10.5. The summed E-state index contributed by atoms with van der Waals surface area (Å²) < 4.78 is 54.5. The van der Waals surface area contributed by atoms with E-state index < -0.39 is 6.09 Å². The number of nitrogens with one attached hydrogen (secondary N) is 1. The standard InChI is InChI=1S/C36H53NO11/c1-2-12-39-14-16-41-18-20-43-22-24-45-26-28-47-29-27-46-25-23-44-21-19-42-17-15-40-13-11-37-36(38)48-30-35-33-9-5-3-7-31(33)32-8-4-6-10-34(32)35/h2-10,35H,1,11-30H2,(H,37,38). The Morgan fingerprint density at radius 2 is 0.896 bits per heavy atom. The van der Waals surface area contributed by atoms with E-state index in [0.717, 1.165) is 0 Å². The molecule has 0 unspecified atom stereocenters. The molecule has 0 atom stereocenters. The van der Waals surface area contributed by atoms with E-state index in [2.05, 4.69) is 36.2 Å². The molecule has 1 aliphatic carbocycles. The van der Waals surface area contributed by atoms with Crippen LogP contribution in [0.25, 0.3) is 11.1 Å². The van der Waals surface area contributed by atoms with Crippen molar-refractivity contribution in [2.45, 2.75) is 5.92 Å². The summed E-state index contributed by atoms with van der Waals surface area (Å²) in [6, 6.07) is 16.5. The van der Waals surface area contributed by atoms with Crippen LogP contribution in [0.15, 0.2) is 61.2 Å². The van der Waals surface area contributed by atoms with E-state index in [4.69, 9.17) is 47.4 Å². The number of fused-ring (bicyclic) bond motifs is 3. The molecule has 0 saturated heterocycles. The van der Waals surface area contributed by atoms with E-state index in [1.165, 1.54) is 22.3 Å². The number of alkyl carbamates (subject to hydrolysis) is 1. The number of hydrogen-bond acceptors (Lipinski definition) is 11. The van der Waals surface area contributed by atoms with Gasteiger partial charge < -0.3 is 52.7 Å². The van der Waals surface area contributed by atoms with Gasteiger partial charge in [-0.3, -0.25) is 0 Å². The molecule has 1 N–H and O–H groups in total. The van der Waals surface area contributed by atoms with Gasteiger partial charge in [0.2, 0.25) is 0 Å². The third-order valence-electron chi connectivity index (χ3n) is 7.07. The summed E-state index contributed by atoms with van der Waals surface area (Å²) in [6.07, 6.45) is 1.26. The lowest BCUT2D eigenvalue weighted by Gasteiger charge is -2.14. The first-order chi connectivity index (χ1) is 23.8. The van der Waals surface area contributed by atoms with Crippen molar-refractivity contribution in [3.8, 4) is 11.1 Å². The summed E-state index contributed by atoms with van der Waals surface area (Å²) in [7, 11) is 0. The highest BCUT2D eigenvalue weighted by Gasteiger charge is 2.28. The van der Waals surface area contributed by atoms with Gasteiger partial charge in [-0.1, -0.05) is 54.6 Å². The average Bonchev–Trinajstić information content (AvgIpc) is 3.43. The van der Waals surface area contributed by atoms with Crippen LogP contribution in [0.5, 0.6) is 0 Å². The highest BCUT2D eigenvalue weighted by Crippen LogP contribution is 2.44. The molecule has 12 heteroatoms. The van der Waals surface area contributed by atoms with Gasteiger partial charge in [-0.15, -0.1) is 6.58 Å². The van der Waals surface area contributed by atoms with Crippen LogP contribution in [-0.4, -0.2) is 138 Å². The Hall–Kier alpha value is -2.91. The van der Waals surface area contributed by atoms with E-state index in [1.54, 1.807) is 6.08 Å². The van der Waals surface area contributed by atoms with Crippen molar-refractivity contribution in [1.82, 2.24) is 5.32 Å². The number of rotatable bonds is 31. The topological polar surface area (TPSA) is 121 Å². The van der Waals surface area contributed by atoms with Crippen LogP contribution in [0.1, 0.15) is 17.0 Å². The molecule has 0 bridgehead atoms.